The Hall–Kier alpha value is -2.59. The van der Waals surface area contributed by atoms with E-state index in [0.29, 0.717) is 23.9 Å². The number of carbonyl (C=O) groups is 1. The van der Waals surface area contributed by atoms with E-state index in [2.05, 4.69) is 10.3 Å². The molecule has 1 aromatic heterocycles. The normalized spacial score (nSPS) is 10.6. The third-order valence-electron chi connectivity index (χ3n) is 3.66. The summed E-state index contributed by atoms with van der Waals surface area (Å²) >= 11 is 5.86. The fourth-order valence-corrected chi connectivity index (χ4v) is 2.54. The van der Waals surface area contributed by atoms with Gasteiger partial charge in [0.15, 0.2) is 0 Å². The molecule has 0 aliphatic carbocycles. The van der Waals surface area contributed by atoms with Gasteiger partial charge < -0.3 is 10.1 Å². The SMILES string of the molecule is Cc1ccccc1OCCNC(=O)c1ccc2nc(Cl)ccc2c1. The molecule has 0 spiro atoms. The zero-order chi connectivity index (χ0) is 16.9. The van der Waals surface area contributed by atoms with Crippen LogP contribution in [-0.2, 0) is 0 Å². The fraction of sp³-hybridized carbons (Fsp3) is 0.158. The van der Waals surface area contributed by atoms with E-state index in [1.165, 1.54) is 0 Å². The molecule has 0 aliphatic heterocycles. The Kier molecular flexibility index (Phi) is 4.96. The van der Waals surface area contributed by atoms with Crippen LogP contribution in [0.2, 0.25) is 5.15 Å². The van der Waals surface area contributed by atoms with Crippen molar-refractivity contribution >= 4 is 28.4 Å². The first kappa shape index (κ1) is 16.3. The molecular formula is C19H17ClN2O2. The molecule has 1 heterocycles. The fourth-order valence-electron chi connectivity index (χ4n) is 2.39. The zero-order valence-corrected chi connectivity index (χ0v) is 14.0. The molecule has 122 valence electrons. The maximum atomic E-state index is 12.2. The van der Waals surface area contributed by atoms with Gasteiger partial charge in [0.1, 0.15) is 17.5 Å². The summed E-state index contributed by atoms with van der Waals surface area (Å²) in [5.74, 6) is 0.695. The predicted octanol–water partition coefficient (Wildman–Crippen LogP) is 4.01. The van der Waals surface area contributed by atoms with Crippen molar-refractivity contribution in [3.63, 3.8) is 0 Å². The Morgan fingerprint density at radius 3 is 2.83 bits per heavy atom. The van der Waals surface area contributed by atoms with Crippen molar-refractivity contribution in [2.24, 2.45) is 0 Å². The number of aryl methyl sites for hydroxylation is 1. The molecular weight excluding hydrogens is 324 g/mol. The van der Waals surface area contributed by atoms with E-state index >= 15 is 0 Å². The first-order valence-electron chi connectivity index (χ1n) is 7.66. The second-order valence-corrected chi connectivity index (χ2v) is 5.80. The number of para-hydroxylation sites is 1. The van der Waals surface area contributed by atoms with Crippen molar-refractivity contribution in [1.29, 1.82) is 0 Å². The number of pyridine rings is 1. The van der Waals surface area contributed by atoms with Gasteiger partial charge in [-0.25, -0.2) is 4.98 Å². The average Bonchev–Trinajstić information content (AvgIpc) is 2.59. The lowest BCUT2D eigenvalue weighted by atomic mass is 10.1. The van der Waals surface area contributed by atoms with Crippen molar-refractivity contribution in [3.8, 4) is 5.75 Å². The number of ether oxygens (including phenoxy) is 1. The first-order valence-corrected chi connectivity index (χ1v) is 8.04. The highest BCUT2D eigenvalue weighted by molar-refractivity contribution is 6.29. The molecule has 3 aromatic rings. The molecule has 0 unspecified atom stereocenters. The summed E-state index contributed by atoms with van der Waals surface area (Å²) in [6.07, 6.45) is 0. The summed E-state index contributed by atoms with van der Waals surface area (Å²) < 4.78 is 5.67. The number of aromatic nitrogens is 1. The standard InChI is InChI=1S/C19H17ClN2O2/c1-13-4-2-3-5-17(13)24-11-10-21-19(23)15-6-8-16-14(12-15)7-9-18(20)22-16/h2-9,12H,10-11H2,1H3,(H,21,23). The number of amides is 1. The van der Waals surface area contributed by atoms with Gasteiger partial charge in [0, 0.05) is 10.9 Å². The number of benzene rings is 2. The van der Waals surface area contributed by atoms with E-state index < -0.39 is 0 Å². The van der Waals surface area contributed by atoms with Gasteiger partial charge in [-0.05, 0) is 48.9 Å². The van der Waals surface area contributed by atoms with Crippen LogP contribution in [0.5, 0.6) is 5.75 Å². The molecule has 0 fully saturated rings. The van der Waals surface area contributed by atoms with E-state index in [1.54, 1.807) is 24.3 Å². The van der Waals surface area contributed by atoms with Crippen LogP contribution in [0.1, 0.15) is 15.9 Å². The molecule has 0 bridgehead atoms. The summed E-state index contributed by atoms with van der Waals surface area (Å²) in [7, 11) is 0. The van der Waals surface area contributed by atoms with E-state index in [4.69, 9.17) is 16.3 Å². The molecule has 2 aromatic carbocycles. The number of hydrogen-bond donors (Lipinski definition) is 1. The van der Waals surface area contributed by atoms with Gasteiger partial charge in [-0.1, -0.05) is 29.8 Å². The average molecular weight is 341 g/mol. The van der Waals surface area contributed by atoms with Crippen molar-refractivity contribution in [2.75, 3.05) is 13.2 Å². The van der Waals surface area contributed by atoms with Gasteiger partial charge in [-0.3, -0.25) is 4.79 Å². The van der Waals surface area contributed by atoms with Crippen LogP contribution in [0.3, 0.4) is 0 Å². The Morgan fingerprint density at radius 2 is 2.00 bits per heavy atom. The highest BCUT2D eigenvalue weighted by Gasteiger charge is 2.07. The lowest BCUT2D eigenvalue weighted by molar-refractivity contribution is 0.0947. The molecule has 1 amide bonds. The van der Waals surface area contributed by atoms with Crippen molar-refractivity contribution in [2.45, 2.75) is 6.92 Å². The largest absolute Gasteiger partial charge is 0.491 e. The number of fused-ring (bicyclic) bond motifs is 1. The Labute approximate surface area is 145 Å². The molecule has 0 saturated carbocycles. The van der Waals surface area contributed by atoms with Gasteiger partial charge in [0.05, 0.1) is 12.1 Å². The van der Waals surface area contributed by atoms with E-state index in [1.807, 2.05) is 37.3 Å². The number of nitrogens with one attached hydrogen (secondary N) is 1. The number of carbonyl (C=O) groups excluding carboxylic acids is 1. The summed E-state index contributed by atoms with van der Waals surface area (Å²) in [6, 6.07) is 16.7. The Bertz CT molecular complexity index is 880. The van der Waals surface area contributed by atoms with Gasteiger partial charge in [-0.2, -0.15) is 0 Å². The predicted molar refractivity (Wildman–Crippen MR) is 95.8 cm³/mol. The Balaban J connectivity index is 1.57. The smallest absolute Gasteiger partial charge is 0.251 e. The summed E-state index contributed by atoms with van der Waals surface area (Å²) in [4.78, 5) is 16.4. The van der Waals surface area contributed by atoms with E-state index in [0.717, 1.165) is 22.2 Å². The van der Waals surface area contributed by atoms with Gasteiger partial charge in [0.2, 0.25) is 0 Å². The highest BCUT2D eigenvalue weighted by Crippen LogP contribution is 2.17. The second kappa shape index (κ2) is 7.32. The molecule has 0 saturated heterocycles. The molecule has 1 N–H and O–H groups in total. The van der Waals surface area contributed by atoms with Gasteiger partial charge >= 0.3 is 0 Å². The minimum Gasteiger partial charge on any atom is -0.491 e. The molecule has 0 aliphatic rings. The summed E-state index contributed by atoms with van der Waals surface area (Å²) in [5, 5.41) is 4.17. The lowest BCUT2D eigenvalue weighted by Crippen LogP contribution is -2.28. The number of nitrogens with zero attached hydrogens (tertiary/aromatic N) is 1. The minimum atomic E-state index is -0.139. The molecule has 0 atom stereocenters. The lowest BCUT2D eigenvalue weighted by Gasteiger charge is -2.10. The maximum Gasteiger partial charge on any atom is 0.251 e. The topological polar surface area (TPSA) is 51.2 Å². The minimum absolute atomic E-state index is 0.139. The molecule has 3 rings (SSSR count). The van der Waals surface area contributed by atoms with Crippen LogP contribution >= 0.6 is 11.6 Å². The van der Waals surface area contributed by atoms with Crippen molar-refractivity contribution < 1.29 is 9.53 Å². The second-order valence-electron chi connectivity index (χ2n) is 5.41. The number of rotatable bonds is 5. The molecule has 4 nitrogen and oxygen atoms in total. The number of hydrogen-bond acceptors (Lipinski definition) is 3. The van der Waals surface area contributed by atoms with Gasteiger partial charge in [0.25, 0.3) is 5.91 Å². The first-order chi connectivity index (χ1) is 11.6. The summed E-state index contributed by atoms with van der Waals surface area (Å²) in [5.41, 5.74) is 2.42. The molecule has 24 heavy (non-hydrogen) atoms. The van der Waals surface area contributed by atoms with Crippen LogP contribution < -0.4 is 10.1 Å². The summed E-state index contributed by atoms with van der Waals surface area (Å²) in [6.45, 7) is 2.84. The van der Waals surface area contributed by atoms with Crippen molar-refractivity contribution in [1.82, 2.24) is 10.3 Å². The number of halogens is 1. The third kappa shape index (κ3) is 3.84. The quantitative estimate of drug-likeness (QED) is 0.564. The third-order valence-corrected chi connectivity index (χ3v) is 3.87. The van der Waals surface area contributed by atoms with Crippen LogP contribution in [0, 0.1) is 6.92 Å². The van der Waals surface area contributed by atoms with E-state index in [-0.39, 0.29) is 5.91 Å². The molecule has 5 heteroatoms. The van der Waals surface area contributed by atoms with Crippen LogP contribution in [0.15, 0.2) is 54.6 Å². The monoisotopic (exact) mass is 340 g/mol. The van der Waals surface area contributed by atoms with Crippen LogP contribution in [-0.4, -0.2) is 24.0 Å². The molecule has 0 radical (unpaired) electrons. The van der Waals surface area contributed by atoms with Crippen LogP contribution in [0.25, 0.3) is 10.9 Å². The highest BCUT2D eigenvalue weighted by atomic mass is 35.5. The Morgan fingerprint density at radius 1 is 1.17 bits per heavy atom. The van der Waals surface area contributed by atoms with Crippen LogP contribution in [0.4, 0.5) is 0 Å². The van der Waals surface area contributed by atoms with Crippen molar-refractivity contribution in [3.05, 3.63) is 70.9 Å². The van der Waals surface area contributed by atoms with Gasteiger partial charge in [-0.15, -0.1) is 0 Å². The maximum absolute atomic E-state index is 12.2. The zero-order valence-electron chi connectivity index (χ0n) is 13.3. The van der Waals surface area contributed by atoms with E-state index in [9.17, 15) is 4.79 Å².